The molecule has 0 unspecified atom stereocenters. The summed E-state index contributed by atoms with van der Waals surface area (Å²) >= 11 is 3.19. The van der Waals surface area contributed by atoms with Crippen molar-refractivity contribution in [3.05, 3.63) is 28.6 Å². The van der Waals surface area contributed by atoms with Gasteiger partial charge in [0.05, 0.1) is 6.20 Å². The highest BCUT2D eigenvalue weighted by Gasteiger charge is 2.02. The number of nitrogens with one attached hydrogen (secondary N) is 1. The van der Waals surface area contributed by atoms with Gasteiger partial charge in [-0.1, -0.05) is 29.8 Å². The predicted molar refractivity (Wildman–Crippen MR) is 55.1 cm³/mol. The number of aromatic nitrogens is 2. The number of rotatable bonds is 0. The molecule has 0 fully saturated rings. The van der Waals surface area contributed by atoms with Crippen molar-refractivity contribution >= 4 is 26.8 Å². The Labute approximate surface area is 84.3 Å². The van der Waals surface area contributed by atoms with Gasteiger partial charge < -0.3 is 0 Å². The summed E-state index contributed by atoms with van der Waals surface area (Å²) in [6.45, 7) is 4.00. The quantitative estimate of drug-likeness (QED) is 0.756. The Morgan fingerprint density at radius 1 is 1.38 bits per heavy atom. The Hall–Kier alpha value is -0.900. The van der Waals surface area contributed by atoms with Crippen LogP contribution in [0.3, 0.4) is 0 Å². The van der Waals surface area contributed by atoms with Gasteiger partial charge in [-0.15, -0.1) is 0 Å². The molecule has 0 aliphatic carbocycles. The molecule has 0 aliphatic heterocycles. The predicted octanol–water partition coefficient (Wildman–Crippen LogP) is 3.49. The van der Waals surface area contributed by atoms with Gasteiger partial charge in [0, 0.05) is 9.86 Å². The Morgan fingerprint density at radius 2 is 2.08 bits per heavy atom. The molecule has 13 heavy (non-hydrogen) atoms. The fourth-order valence-electron chi connectivity index (χ4n) is 0.980. The zero-order valence-corrected chi connectivity index (χ0v) is 9.02. The van der Waals surface area contributed by atoms with Crippen molar-refractivity contribution in [3.8, 4) is 0 Å². The molecule has 0 atom stereocenters. The van der Waals surface area contributed by atoms with E-state index in [0.29, 0.717) is 5.52 Å². The molecular weight excluding hydrogens is 235 g/mol. The highest BCUT2D eigenvalue weighted by Crippen LogP contribution is 2.20. The zero-order valence-electron chi connectivity index (χ0n) is 7.44. The molecule has 4 heteroatoms. The van der Waals surface area contributed by atoms with Gasteiger partial charge in [-0.3, -0.25) is 5.10 Å². The summed E-state index contributed by atoms with van der Waals surface area (Å²) in [6.07, 6.45) is 1.59. The average Bonchev–Trinajstić information content (AvgIpc) is 2.55. The van der Waals surface area contributed by atoms with Crippen LogP contribution in [0.15, 0.2) is 22.8 Å². The van der Waals surface area contributed by atoms with Crippen LogP contribution in [0.25, 0.3) is 10.9 Å². The van der Waals surface area contributed by atoms with E-state index in [0.717, 1.165) is 9.86 Å². The van der Waals surface area contributed by atoms with Gasteiger partial charge in [0.1, 0.15) is 11.3 Å². The molecule has 1 heterocycles. The van der Waals surface area contributed by atoms with E-state index in [1.54, 1.807) is 6.20 Å². The van der Waals surface area contributed by atoms with Crippen molar-refractivity contribution in [1.29, 1.82) is 0 Å². The Balaban J connectivity index is 0.000000396. The number of benzene rings is 1. The lowest BCUT2D eigenvalue weighted by Gasteiger charge is -1.92. The maximum atomic E-state index is 13.0. The van der Waals surface area contributed by atoms with Crippen LogP contribution in [-0.2, 0) is 0 Å². The SMILES string of the molecule is CC.Fc1cc(Br)cc2cn[nH]c12. The number of H-pyrrole nitrogens is 1. The second kappa shape index (κ2) is 4.37. The van der Waals surface area contributed by atoms with Gasteiger partial charge in [0.15, 0.2) is 0 Å². The van der Waals surface area contributed by atoms with Crippen LogP contribution >= 0.6 is 15.9 Å². The third-order valence-electron chi connectivity index (χ3n) is 1.47. The van der Waals surface area contributed by atoms with Gasteiger partial charge in [-0.25, -0.2) is 4.39 Å². The Morgan fingerprint density at radius 3 is 2.77 bits per heavy atom. The van der Waals surface area contributed by atoms with Crippen LogP contribution in [0.5, 0.6) is 0 Å². The summed E-state index contributed by atoms with van der Waals surface area (Å²) in [7, 11) is 0. The molecule has 0 radical (unpaired) electrons. The second-order valence-corrected chi connectivity index (χ2v) is 3.14. The van der Waals surface area contributed by atoms with Crippen molar-refractivity contribution in [1.82, 2.24) is 10.2 Å². The van der Waals surface area contributed by atoms with E-state index in [2.05, 4.69) is 26.1 Å². The van der Waals surface area contributed by atoms with E-state index in [1.807, 2.05) is 19.9 Å². The second-order valence-electron chi connectivity index (χ2n) is 2.22. The standard InChI is InChI=1S/C7H4BrFN2.C2H6/c8-5-1-4-3-10-11-7(4)6(9)2-5;1-2/h1-3H,(H,10,11);1-2H3. The molecule has 1 N–H and O–H groups in total. The lowest BCUT2D eigenvalue weighted by molar-refractivity contribution is 0.635. The average molecular weight is 245 g/mol. The minimum Gasteiger partial charge on any atom is -0.275 e. The van der Waals surface area contributed by atoms with Gasteiger partial charge in [-0.05, 0) is 12.1 Å². The monoisotopic (exact) mass is 244 g/mol. The van der Waals surface area contributed by atoms with Gasteiger partial charge in [0.25, 0.3) is 0 Å². The van der Waals surface area contributed by atoms with E-state index < -0.39 is 0 Å². The number of nitrogens with zero attached hydrogens (tertiary/aromatic N) is 1. The van der Waals surface area contributed by atoms with Crippen molar-refractivity contribution in [2.75, 3.05) is 0 Å². The number of halogens is 2. The fourth-order valence-corrected chi connectivity index (χ4v) is 1.43. The summed E-state index contributed by atoms with van der Waals surface area (Å²) in [6, 6.07) is 3.21. The lowest BCUT2D eigenvalue weighted by Crippen LogP contribution is -1.77. The van der Waals surface area contributed by atoms with Crippen LogP contribution < -0.4 is 0 Å². The first-order valence-electron chi connectivity index (χ1n) is 4.05. The first-order chi connectivity index (χ1) is 6.27. The van der Waals surface area contributed by atoms with Crippen LogP contribution in [0.4, 0.5) is 4.39 Å². The number of fused-ring (bicyclic) bond motifs is 1. The van der Waals surface area contributed by atoms with Crippen molar-refractivity contribution in [3.63, 3.8) is 0 Å². The molecule has 2 aromatic rings. The molecule has 2 rings (SSSR count). The lowest BCUT2D eigenvalue weighted by atomic mass is 10.2. The van der Waals surface area contributed by atoms with E-state index in [4.69, 9.17) is 0 Å². The topological polar surface area (TPSA) is 28.7 Å². The van der Waals surface area contributed by atoms with Gasteiger partial charge in [-0.2, -0.15) is 5.10 Å². The normalized spacial score (nSPS) is 9.54. The molecule has 0 spiro atoms. The fraction of sp³-hybridized carbons (Fsp3) is 0.222. The molecular formula is C9H10BrFN2. The summed E-state index contributed by atoms with van der Waals surface area (Å²) in [4.78, 5) is 0. The maximum Gasteiger partial charge on any atom is 0.149 e. The van der Waals surface area contributed by atoms with Crippen LogP contribution in [0.1, 0.15) is 13.8 Å². The summed E-state index contributed by atoms with van der Waals surface area (Å²) in [5.41, 5.74) is 0.452. The van der Waals surface area contributed by atoms with Crippen molar-refractivity contribution < 1.29 is 4.39 Å². The van der Waals surface area contributed by atoms with Crippen LogP contribution in [0.2, 0.25) is 0 Å². The minimum atomic E-state index is -0.285. The zero-order chi connectivity index (χ0) is 9.84. The molecule has 0 amide bonds. The van der Waals surface area contributed by atoms with Crippen molar-refractivity contribution in [2.45, 2.75) is 13.8 Å². The van der Waals surface area contributed by atoms with Crippen LogP contribution in [0, 0.1) is 5.82 Å². The number of aromatic amines is 1. The number of hydrogen-bond donors (Lipinski definition) is 1. The van der Waals surface area contributed by atoms with Gasteiger partial charge >= 0.3 is 0 Å². The molecule has 0 bridgehead atoms. The molecule has 0 saturated heterocycles. The summed E-state index contributed by atoms with van der Waals surface area (Å²) in [5.74, 6) is -0.285. The van der Waals surface area contributed by atoms with Crippen LogP contribution in [-0.4, -0.2) is 10.2 Å². The molecule has 0 aliphatic rings. The molecule has 70 valence electrons. The summed E-state index contributed by atoms with van der Waals surface area (Å²) < 4.78 is 13.7. The van der Waals surface area contributed by atoms with E-state index in [-0.39, 0.29) is 5.82 Å². The maximum absolute atomic E-state index is 13.0. The smallest absolute Gasteiger partial charge is 0.149 e. The van der Waals surface area contributed by atoms with Gasteiger partial charge in [0.2, 0.25) is 0 Å². The first-order valence-corrected chi connectivity index (χ1v) is 4.85. The molecule has 1 aromatic heterocycles. The minimum absolute atomic E-state index is 0.285. The third kappa shape index (κ3) is 2.06. The highest BCUT2D eigenvalue weighted by atomic mass is 79.9. The van der Waals surface area contributed by atoms with E-state index in [9.17, 15) is 4.39 Å². The van der Waals surface area contributed by atoms with E-state index in [1.165, 1.54) is 6.07 Å². The number of hydrogen-bond acceptors (Lipinski definition) is 1. The molecule has 2 nitrogen and oxygen atoms in total. The summed E-state index contributed by atoms with van der Waals surface area (Å²) in [5, 5.41) is 7.06. The Kier molecular flexibility index (Phi) is 3.42. The third-order valence-corrected chi connectivity index (χ3v) is 1.92. The first kappa shape index (κ1) is 10.2. The highest BCUT2D eigenvalue weighted by molar-refractivity contribution is 9.10. The van der Waals surface area contributed by atoms with E-state index >= 15 is 0 Å². The molecule has 0 saturated carbocycles. The van der Waals surface area contributed by atoms with Crippen molar-refractivity contribution in [2.24, 2.45) is 0 Å². The Bertz CT molecular complexity index is 397. The largest absolute Gasteiger partial charge is 0.275 e. The molecule has 1 aromatic carbocycles.